The van der Waals surface area contributed by atoms with Gasteiger partial charge in [-0.05, 0) is 29.0 Å². The minimum Gasteiger partial charge on any atom is -0.477 e. The third-order valence-electron chi connectivity index (χ3n) is 3.46. The highest BCUT2D eigenvalue weighted by Gasteiger charge is 2.21. The van der Waals surface area contributed by atoms with Gasteiger partial charge in [0, 0.05) is 6.54 Å². The average Bonchev–Trinajstić information content (AvgIpc) is 3.10. The minimum absolute atomic E-state index is 0.0869. The molecule has 0 radical (unpaired) electrons. The Hall–Kier alpha value is -2.42. The van der Waals surface area contributed by atoms with Crippen molar-refractivity contribution in [1.82, 2.24) is 5.32 Å². The fourth-order valence-electron chi connectivity index (χ4n) is 2.09. The number of alkyl carbamates (subject to hydrolysis) is 1. The van der Waals surface area contributed by atoms with E-state index in [1.807, 2.05) is 30.3 Å². The lowest BCUT2D eigenvalue weighted by molar-refractivity contribution is 0.0138. The Morgan fingerprint density at radius 1 is 1.20 bits per heavy atom. The smallest absolute Gasteiger partial charge is 0.407 e. The molecule has 1 amide bonds. The van der Waals surface area contributed by atoms with Crippen LogP contribution in [0, 0.1) is 0 Å². The number of thiophene rings is 1. The number of carboxylic acids is 1. The van der Waals surface area contributed by atoms with Crippen molar-refractivity contribution in [2.45, 2.75) is 25.2 Å². The summed E-state index contributed by atoms with van der Waals surface area (Å²) in [4.78, 5) is 22.5. The fraction of sp³-hybridized carbons (Fsp3) is 0.294. The van der Waals surface area contributed by atoms with E-state index in [1.165, 1.54) is 11.4 Å². The minimum atomic E-state index is -1.22. The third-order valence-corrected chi connectivity index (χ3v) is 4.40. The zero-order valence-electron chi connectivity index (χ0n) is 13.3. The first-order chi connectivity index (χ1) is 12.0. The molecule has 2 unspecified atom stereocenters. The van der Waals surface area contributed by atoms with Crippen molar-refractivity contribution in [1.29, 1.82) is 0 Å². The van der Waals surface area contributed by atoms with Crippen LogP contribution in [0.3, 0.4) is 0 Å². The lowest BCUT2D eigenvalue weighted by Gasteiger charge is -2.17. The Bertz CT molecular complexity index is 702. The van der Waals surface area contributed by atoms with Crippen LogP contribution in [-0.2, 0) is 11.3 Å². The second-order valence-corrected chi connectivity index (χ2v) is 6.25. The highest BCUT2D eigenvalue weighted by atomic mass is 32.1. The number of hydrogen-bond acceptors (Lipinski definition) is 6. The summed E-state index contributed by atoms with van der Waals surface area (Å²) in [5.41, 5.74) is 1.20. The molecule has 2 rings (SSSR count). The highest BCUT2D eigenvalue weighted by molar-refractivity contribution is 7.12. The van der Waals surface area contributed by atoms with Crippen LogP contribution in [0.1, 0.15) is 33.3 Å². The number of hydrogen-bond donors (Lipinski definition) is 4. The standard InChI is InChI=1S/C17H19NO6S/c19-13(15(20)12-8-14(16(21)22)25-10-12)6-7-18-17(23)24-9-11-4-2-1-3-5-11/h1-5,8,10,13,15,19-20H,6-7,9H2,(H,18,23)(H,21,22). The molecule has 1 heterocycles. The quantitative estimate of drug-likeness (QED) is 0.570. The molecule has 0 aliphatic rings. The lowest BCUT2D eigenvalue weighted by atomic mass is 10.0. The largest absolute Gasteiger partial charge is 0.477 e. The van der Waals surface area contributed by atoms with E-state index in [2.05, 4.69) is 5.32 Å². The van der Waals surface area contributed by atoms with E-state index in [4.69, 9.17) is 9.84 Å². The van der Waals surface area contributed by atoms with Crippen LogP contribution in [0.25, 0.3) is 0 Å². The molecule has 8 heteroatoms. The van der Waals surface area contributed by atoms with Gasteiger partial charge in [0.25, 0.3) is 0 Å². The third kappa shape index (κ3) is 5.86. The van der Waals surface area contributed by atoms with E-state index in [0.29, 0.717) is 5.56 Å². The normalized spacial score (nSPS) is 13.0. The molecule has 0 spiro atoms. The maximum atomic E-state index is 11.6. The average molecular weight is 365 g/mol. The Morgan fingerprint density at radius 2 is 1.92 bits per heavy atom. The molecule has 0 aliphatic carbocycles. The van der Waals surface area contributed by atoms with Crippen LogP contribution < -0.4 is 5.32 Å². The summed E-state index contributed by atoms with van der Waals surface area (Å²) in [6.45, 7) is 0.256. The van der Waals surface area contributed by atoms with Crippen LogP contribution in [0.5, 0.6) is 0 Å². The molecule has 2 aromatic rings. The number of benzene rings is 1. The molecule has 0 saturated heterocycles. The molecule has 0 fully saturated rings. The Balaban J connectivity index is 1.70. The first kappa shape index (κ1) is 18.9. The number of amides is 1. The van der Waals surface area contributed by atoms with Gasteiger partial charge in [-0.1, -0.05) is 30.3 Å². The summed E-state index contributed by atoms with van der Waals surface area (Å²) in [6.07, 6.45) is -2.87. The molecular formula is C17H19NO6S. The van der Waals surface area contributed by atoms with E-state index in [-0.39, 0.29) is 24.4 Å². The van der Waals surface area contributed by atoms with Gasteiger partial charge in [-0.3, -0.25) is 0 Å². The van der Waals surface area contributed by atoms with Gasteiger partial charge in [0.15, 0.2) is 0 Å². The summed E-state index contributed by atoms with van der Waals surface area (Å²) in [5.74, 6) is -1.08. The van der Waals surface area contributed by atoms with Crippen LogP contribution >= 0.6 is 11.3 Å². The molecule has 1 aromatic heterocycles. The van der Waals surface area contributed by atoms with E-state index in [1.54, 1.807) is 0 Å². The molecule has 0 aliphatic heterocycles. The van der Waals surface area contributed by atoms with E-state index in [9.17, 15) is 19.8 Å². The van der Waals surface area contributed by atoms with Crippen LogP contribution in [0.15, 0.2) is 41.8 Å². The maximum Gasteiger partial charge on any atom is 0.407 e. The van der Waals surface area contributed by atoms with Crippen molar-refractivity contribution < 1.29 is 29.6 Å². The molecule has 7 nitrogen and oxygen atoms in total. The number of aliphatic hydroxyl groups is 2. The zero-order valence-corrected chi connectivity index (χ0v) is 14.1. The molecule has 4 N–H and O–H groups in total. The van der Waals surface area contributed by atoms with E-state index >= 15 is 0 Å². The van der Waals surface area contributed by atoms with Gasteiger partial charge in [-0.25, -0.2) is 9.59 Å². The number of carboxylic acid groups (broad SMARTS) is 1. The van der Waals surface area contributed by atoms with Crippen molar-refractivity contribution in [3.8, 4) is 0 Å². The van der Waals surface area contributed by atoms with Crippen LogP contribution in [0.4, 0.5) is 4.79 Å². The monoisotopic (exact) mass is 365 g/mol. The van der Waals surface area contributed by atoms with E-state index in [0.717, 1.165) is 16.9 Å². The first-order valence-electron chi connectivity index (χ1n) is 7.59. The predicted molar refractivity (Wildman–Crippen MR) is 91.5 cm³/mol. The van der Waals surface area contributed by atoms with Gasteiger partial charge < -0.3 is 25.4 Å². The van der Waals surface area contributed by atoms with Gasteiger partial charge in [0.1, 0.15) is 17.6 Å². The number of aliphatic hydroxyl groups excluding tert-OH is 2. The lowest BCUT2D eigenvalue weighted by Crippen LogP contribution is -2.29. The Labute approximate surface area is 148 Å². The van der Waals surface area contributed by atoms with Gasteiger partial charge in [-0.15, -0.1) is 11.3 Å². The van der Waals surface area contributed by atoms with Crippen LogP contribution in [-0.4, -0.2) is 40.0 Å². The SMILES string of the molecule is O=C(NCCC(O)C(O)c1csc(C(=O)O)c1)OCc1ccccc1. The number of nitrogens with one attached hydrogen (secondary N) is 1. The molecule has 2 atom stereocenters. The highest BCUT2D eigenvalue weighted by Crippen LogP contribution is 2.24. The summed E-state index contributed by atoms with van der Waals surface area (Å²) in [6, 6.07) is 10.5. The first-order valence-corrected chi connectivity index (χ1v) is 8.47. The van der Waals surface area contributed by atoms with Crippen molar-refractivity contribution in [3.05, 3.63) is 57.8 Å². The topological polar surface area (TPSA) is 116 Å². The van der Waals surface area contributed by atoms with Gasteiger partial charge >= 0.3 is 12.1 Å². The number of ether oxygens (including phenoxy) is 1. The maximum absolute atomic E-state index is 11.6. The number of rotatable bonds is 8. The summed E-state index contributed by atoms with van der Waals surface area (Å²) in [7, 11) is 0. The van der Waals surface area contributed by atoms with Crippen molar-refractivity contribution in [2.24, 2.45) is 0 Å². The van der Waals surface area contributed by atoms with E-state index < -0.39 is 24.3 Å². The summed E-state index contributed by atoms with van der Waals surface area (Å²) < 4.78 is 5.03. The predicted octanol–water partition coefficient (Wildman–Crippen LogP) is 2.16. The second kappa shape index (κ2) is 9.16. The number of aromatic carboxylic acids is 1. The summed E-state index contributed by atoms with van der Waals surface area (Å²) >= 11 is 0.976. The Kier molecular flexibility index (Phi) is 6.93. The van der Waals surface area contributed by atoms with Crippen LogP contribution in [0.2, 0.25) is 0 Å². The number of carbonyl (C=O) groups excluding carboxylic acids is 1. The fourth-order valence-corrected chi connectivity index (χ4v) is 2.87. The molecule has 0 bridgehead atoms. The number of carbonyl (C=O) groups is 2. The Morgan fingerprint density at radius 3 is 2.56 bits per heavy atom. The zero-order chi connectivity index (χ0) is 18.2. The van der Waals surface area contributed by atoms with Gasteiger partial charge in [0.2, 0.25) is 0 Å². The van der Waals surface area contributed by atoms with Crippen molar-refractivity contribution in [2.75, 3.05) is 6.54 Å². The summed E-state index contributed by atoms with van der Waals surface area (Å²) in [5, 5.41) is 32.8. The second-order valence-electron chi connectivity index (χ2n) is 5.34. The molecule has 25 heavy (non-hydrogen) atoms. The molecule has 1 aromatic carbocycles. The van der Waals surface area contributed by atoms with Gasteiger partial charge in [-0.2, -0.15) is 0 Å². The van der Waals surface area contributed by atoms with Gasteiger partial charge in [0.05, 0.1) is 6.10 Å². The molecule has 0 saturated carbocycles. The molecular weight excluding hydrogens is 346 g/mol. The molecule has 134 valence electrons. The van der Waals surface area contributed by atoms with Crippen molar-refractivity contribution >= 4 is 23.4 Å². The van der Waals surface area contributed by atoms with Crippen molar-refractivity contribution in [3.63, 3.8) is 0 Å².